The van der Waals surface area contributed by atoms with E-state index in [1.807, 2.05) is 24.3 Å². The van der Waals surface area contributed by atoms with Crippen LogP contribution in [0.1, 0.15) is 61.3 Å². The number of hydrogen-bond donors (Lipinski definition) is 2. The number of carbonyl (C=O) groups is 1. The first-order chi connectivity index (χ1) is 12.2. The SMILES string of the molecule is CCOC(=O)c1cc(S(=O)(=O)NC2CCC(C)(C)c3ccccc32)[nH]n1. The van der Waals surface area contributed by atoms with E-state index in [9.17, 15) is 13.2 Å². The van der Waals surface area contributed by atoms with Crippen LogP contribution in [-0.4, -0.2) is 31.2 Å². The van der Waals surface area contributed by atoms with E-state index in [1.54, 1.807) is 6.92 Å². The van der Waals surface area contributed by atoms with E-state index in [2.05, 4.69) is 28.8 Å². The van der Waals surface area contributed by atoms with Gasteiger partial charge in [-0.05, 0) is 36.3 Å². The Morgan fingerprint density at radius 2 is 2.12 bits per heavy atom. The molecule has 0 aliphatic heterocycles. The summed E-state index contributed by atoms with van der Waals surface area (Å²) in [5.74, 6) is -0.657. The minimum Gasteiger partial charge on any atom is -0.461 e. The number of nitrogens with one attached hydrogen (secondary N) is 2. The normalized spacial score (nSPS) is 19.0. The molecule has 1 atom stereocenters. The third-order valence-electron chi connectivity index (χ3n) is 4.75. The summed E-state index contributed by atoms with van der Waals surface area (Å²) in [6, 6.07) is 8.76. The number of hydrogen-bond acceptors (Lipinski definition) is 5. The van der Waals surface area contributed by atoms with Crippen LogP contribution in [0.3, 0.4) is 0 Å². The van der Waals surface area contributed by atoms with E-state index in [4.69, 9.17) is 4.74 Å². The molecule has 1 aliphatic carbocycles. The minimum absolute atomic E-state index is 0.00357. The average molecular weight is 377 g/mol. The van der Waals surface area contributed by atoms with Crippen LogP contribution >= 0.6 is 0 Å². The van der Waals surface area contributed by atoms with Gasteiger partial charge < -0.3 is 4.74 Å². The van der Waals surface area contributed by atoms with Gasteiger partial charge >= 0.3 is 5.97 Å². The van der Waals surface area contributed by atoms with E-state index in [-0.39, 0.29) is 28.8 Å². The van der Waals surface area contributed by atoms with Crippen molar-refractivity contribution in [2.24, 2.45) is 0 Å². The first kappa shape index (κ1) is 18.6. The van der Waals surface area contributed by atoms with Crippen LogP contribution in [0, 0.1) is 0 Å². The van der Waals surface area contributed by atoms with Gasteiger partial charge in [0.25, 0.3) is 10.0 Å². The monoisotopic (exact) mass is 377 g/mol. The Balaban J connectivity index is 1.86. The molecular weight excluding hydrogens is 354 g/mol. The molecule has 1 heterocycles. The molecule has 26 heavy (non-hydrogen) atoms. The Labute approximate surface area is 153 Å². The maximum Gasteiger partial charge on any atom is 0.358 e. The molecule has 7 nitrogen and oxygen atoms in total. The first-order valence-electron chi connectivity index (χ1n) is 8.59. The number of rotatable bonds is 5. The zero-order valence-electron chi connectivity index (χ0n) is 15.1. The highest BCUT2D eigenvalue weighted by Gasteiger charge is 2.34. The molecule has 0 fully saturated rings. The molecule has 140 valence electrons. The largest absolute Gasteiger partial charge is 0.461 e. The molecule has 1 unspecified atom stereocenters. The molecule has 2 aromatic rings. The van der Waals surface area contributed by atoms with E-state index in [0.29, 0.717) is 6.42 Å². The van der Waals surface area contributed by atoms with Crippen LogP contribution in [-0.2, 0) is 20.2 Å². The Morgan fingerprint density at radius 1 is 1.38 bits per heavy atom. The summed E-state index contributed by atoms with van der Waals surface area (Å²) in [5.41, 5.74) is 2.08. The van der Waals surface area contributed by atoms with Crippen molar-refractivity contribution >= 4 is 16.0 Å². The molecule has 0 radical (unpaired) electrons. The lowest BCUT2D eigenvalue weighted by atomic mass is 9.71. The Hall–Kier alpha value is -2.19. The van der Waals surface area contributed by atoms with Crippen molar-refractivity contribution in [1.29, 1.82) is 0 Å². The lowest BCUT2D eigenvalue weighted by Gasteiger charge is -2.37. The molecule has 1 aliphatic rings. The number of fused-ring (bicyclic) bond motifs is 1. The third-order valence-corrected chi connectivity index (χ3v) is 6.13. The van der Waals surface area contributed by atoms with E-state index >= 15 is 0 Å². The summed E-state index contributed by atoms with van der Waals surface area (Å²) < 4.78 is 33.0. The molecular formula is C18H23N3O4S. The van der Waals surface area contributed by atoms with Crippen molar-refractivity contribution < 1.29 is 17.9 Å². The fourth-order valence-electron chi connectivity index (χ4n) is 3.34. The van der Waals surface area contributed by atoms with Crippen LogP contribution in [0.25, 0.3) is 0 Å². The fraction of sp³-hybridized carbons (Fsp3) is 0.444. The smallest absolute Gasteiger partial charge is 0.358 e. The average Bonchev–Trinajstić information content (AvgIpc) is 3.09. The Bertz CT molecular complexity index is 918. The summed E-state index contributed by atoms with van der Waals surface area (Å²) >= 11 is 0. The second-order valence-electron chi connectivity index (χ2n) is 7.02. The molecule has 1 aromatic carbocycles. The van der Waals surface area contributed by atoms with Crippen molar-refractivity contribution in [1.82, 2.24) is 14.9 Å². The number of benzene rings is 1. The summed E-state index contributed by atoms with van der Waals surface area (Å²) in [7, 11) is -3.84. The predicted octanol–water partition coefficient (Wildman–Crippen LogP) is 2.68. The van der Waals surface area contributed by atoms with Gasteiger partial charge in [0.15, 0.2) is 10.7 Å². The lowest BCUT2D eigenvalue weighted by Crippen LogP contribution is -2.35. The Morgan fingerprint density at radius 3 is 2.85 bits per heavy atom. The molecule has 2 N–H and O–H groups in total. The van der Waals surface area contributed by atoms with Gasteiger partial charge in [-0.25, -0.2) is 17.9 Å². The number of nitrogens with zero attached hydrogens (tertiary/aromatic N) is 1. The zero-order chi connectivity index (χ0) is 18.9. The van der Waals surface area contributed by atoms with Gasteiger partial charge in [0.05, 0.1) is 6.61 Å². The van der Waals surface area contributed by atoms with Gasteiger partial charge in [0.2, 0.25) is 0 Å². The Kier molecular flexibility index (Phi) is 4.90. The number of esters is 1. The van der Waals surface area contributed by atoms with E-state index in [1.165, 1.54) is 6.07 Å². The topological polar surface area (TPSA) is 101 Å². The van der Waals surface area contributed by atoms with Crippen molar-refractivity contribution in [2.45, 2.75) is 50.1 Å². The maximum atomic E-state index is 12.7. The quantitative estimate of drug-likeness (QED) is 0.780. The summed E-state index contributed by atoms with van der Waals surface area (Å²) in [6.07, 6.45) is 1.57. The second-order valence-corrected chi connectivity index (χ2v) is 8.70. The first-order valence-corrected chi connectivity index (χ1v) is 10.1. The molecule has 0 spiro atoms. The molecule has 1 aromatic heterocycles. The molecule has 3 rings (SSSR count). The molecule has 0 amide bonds. The number of aromatic nitrogens is 2. The summed E-state index contributed by atoms with van der Waals surface area (Å²) in [6.45, 7) is 6.20. The fourth-order valence-corrected chi connectivity index (χ4v) is 4.52. The second kappa shape index (κ2) is 6.85. The van der Waals surface area contributed by atoms with Gasteiger partial charge in [-0.1, -0.05) is 38.1 Å². The van der Waals surface area contributed by atoms with Crippen molar-refractivity contribution in [2.75, 3.05) is 6.61 Å². The summed E-state index contributed by atoms with van der Waals surface area (Å²) in [4.78, 5) is 11.7. The predicted molar refractivity (Wildman–Crippen MR) is 96.3 cm³/mol. The van der Waals surface area contributed by atoms with Crippen molar-refractivity contribution in [3.05, 3.63) is 47.2 Å². The standard InChI is InChI=1S/C18H23N3O4S/c1-4-25-17(22)15-11-16(20-19-15)26(23,24)21-14-9-10-18(2,3)13-8-6-5-7-12(13)14/h5-8,11,14,21H,4,9-10H2,1-3H3,(H,19,20). The highest BCUT2D eigenvalue weighted by Crippen LogP contribution is 2.41. The number of aromatic amines is 1. The van der Waals surface area contributed by atoms with Gasteiger partial charge in [-0.2, -0.15) is 5.10 Å². The van der Waals surface area contributed by atoms with Crippen molar-refractivity contribution in [3.8, 4) is 0 Å². The zero-order valence-corrected chi connectivity index (χ0v) is 15.9. The molecule has 0 saturated heterocycles. The number of H-pyrrole nitrogens is 1. The highest BCUT2D eigenvalue weighted by molar-refractivity contribution is 7.89. The number of ether oxygens (including phenoxy) is 1. The van der Waals surface area contributed by atoms with Crippen LogP contribution in [0.2, 0.25) is 0 Å². The third kappa shape index (κ3) is 3.52. The number of carbonyl (C=O) groups excluding carboxylic acids is 1. The molecule has 0 saturated carbocycles. The van der Waals surface area contributed by atoms with Gasteiger partial charge in [0.1, 0.15) is 0 Å². The highest BCUT2D eigenvalue weighted by atomic mass is 32.2. The summed E-state index contributed by atoms with van der Waals surface area (Å²) in [5, 5.41) is 6.01. The molecule has 0 bridgehead atoms. The lowest BCUT2D eigenvalue weighted by molar-refractivity contribution is 0.0519. The van der Waals surface area contributed by atoms with E-state index < -0.39 is 16.0 Å². The van der Waals surface area contributed by atoms with E-state index in [0.717, 1.165) is 17.5 Å². The van der Waals surface area contributed by atoms with Gasteiger partial charge in [-0.15, -0.1) is 0 Å². The molecule has 8 heteroatoms. The maximum absolute atomic E-state index is 12.7. The minimum atomic E-state index is -3.84. The van der Waals surface area contributed by atoms with Gasteiger partial charge in [-0.3, -0.25) is 5.10 Å². The van der Waals surface area contributed by atoms with Crippen molar-refractivity contribution in [3.63, 3.8) is 0 Å². The van der Waals surface area contributed by atoms with Crippen LogP contribution < -0.4 is 4.72 Å². The van der Waals surface area contributed by atoms with Crippen LogP contribution in [0.15, 0.2) is 35.4 Å². The number of sulfonamides is 1. The van der Waals surface area contributed by atoms with Gasteiger partial charge in [0, 0.05) is 12.1 Å². The van der Waals surface area contributed by atoms with Crippen LogP contribution in [0.5, 0.6) is 0 Å². The van der Waals surface area contributed by atoms with Crippen LogP contribution in [0.4, 0.5) is 0 Å².